The Morgan fingerprint density at radius 1 is 1.33 bits per heavy atom. The molecule has 0 bridgehead atoms. The zero-order valence-electron chi connectivity index (χ0n) is 11.7. The molecule has 0 aliphatic rings. The summed E-state index contributed by atoms with van der Waals surface area (Å²) in [6.45, 7) is 0.570. The first kappa shape index (κ1) is 14.7. The van der Waals surface area contributed by atoms with Gasteiger partial charge in [0.15, 0.2) is 11.5 Å². The minimum Gasteiger partial charge on any atom is -0.493 e. The van der Waals surface area contributed by atoms with Crippen molar-refractivity contribution in [3.8, 4) is 17.4 Å². The first-order valence-corrected chi connectivity index (χ1v) is 6.24. The number of rotatable bonds is 6. The predicted molar refractivity (Wildman–Crippen MR) is 76.7 cm³/mol. The summed E-state index contributed by atoms with van der Waals surface area (Å²) in [5, 5.41) is 13.9. The number of nitrogens with zero attached hydrogens (tertiary/aromatic N) is 2. The van der Waals surface area contributed by atoms with E-state index in [-0.39, 0.29) is 11.4 Å². The molecule has 0 fully saturated rings. The average Bonchev–Trinajstić information content (AvgIpc) is 2.49. The Bertz CT molecular complexity index is 646. The largest absolute Gasteiger partial charge is 0.493 e. The minimum absolute atomic E-state index is 0.0723. The normalized spacial score (nSPS) is 10.2. The zero-order valence-corrected chi connectivity index (χ0v) is 11.7. The van der Waals surface area contributed by atoms with E-state index in [9.17, 15) is 10.1 Å². The number of nitro groups is 1. The molecule has 0 amide bonds. The SMILES string of the molecule is CNCc1cccnc1Oc1cc([N+](=O)[O-])ccc1OC. The molecule has 0 spiro atoms. The smallest absolute Gasteiger partial charge is 0.273 e. The van der Waals surface area contributed by atoms with Gasteiger partial charge in [0.25, 0.3) is 5.69 Å². The molecule has 0 unspecified atom stereocenters. The first-order chi connectivity index (χ1) is 10.2. The van der Waals surface area contributed by atoms with E-state index < -0.39 is 4.92 Å². The standard InChI is InChI=1S/C14H15N3O4/c1-15-9-10-4-3-7-16-14(10)21-13-8-11(17(18)19)5-6-12(13)20-2/h3-8,15H,9H2,1-2H3. The maximum absolute atomic E-state index is 10.9. The monoisotopic (exact) mass is 289 g/mol. The van der Waals surface area contributed by atoms with Crippen LogP contribution in [-0.2, 0) is 6.54 Å². The summed E-state index contributed by atoms with van der Waals surface area (Å²) in [5.74, 6) is 1.04. The van der Waals surface area contributed by atoms with Gasteiger partial charge in [-0.1, -0.05) is 6.07 Å². The number of ether oxygens (including phenoxy) is 2. The van der Waals surface area contributed by atoms with Gasteiger partial charge in [-0.25, -0.2) is 4.98 Å². The molecule has 7 heteroatoms. The van der Waals surface area contributed by atoms with Gasteiger partial charge in [0.1, 0.15) is 0 Å². The molecule has 7 nitrogen and oxygen atoms in total. The highest BCUT2D eigenvalue weighted by molar-refractivity contribution is 5.50. The highest BCUT2D eigenvalue weighted by Crippen LogP contribution is 2.34. The van der Waals surface area contributed by atoms with Gasteiger partial charge in [-0.15, -0.1) is 0 Å². The molecule has 2 aromatic rings. The fourth-order valence-electron chi connectivity index (χ4n) is 1.80. The third-order valence-corrected chi connectivity index (χ3v) is 2.78. The van der Waals surface area contributed by atoms with Crippen LogP contribution < -0.4 is 14.8 Å². The predicted octanol–water partition coefficient (Wildman–Crippen LogP) is 2.51. The lowest BCUT2D eigenvalue weighted by Gasteiger charge is -2.12. The Kier molecular flexibility index (Phi) is 4.68. The second-order valence-electron chi connectivity index (χ2n) is 4.19. The molecule has 2 rings (SSSR count). The van der Waals surface area contributed by atoms with Crippen molar-refractivity contribution in [1.29, 1.82) is 0 Å². The number of methoxy groups -OCH3 is 1. The highest BCUT2D eigenvalue weighted by Gasteiger charge is 2.15. The maximum Gasteiger partial charge on any atom is 0.273 e. The summed E-state index contributed by atoms with van der Waals surface area (Å²) < 4.78 is 10.9. The van der Waals surface area contributed by atoms with Gasteiger partial charge in [-0.3, -0.25) is 10.1 Å². The van der Waals surface area contributed by atoms with Gasteiger partial charge in [0.2, 0.25) is 5.88 Å². The summed E-state index contributed by atoms with van der Waals surface area (Å²) in [5.41, 5.74) is 0.769. The number of benzene rings is 1. The molecule has 0 saturated heterocycles. The number of pyridine rings is 1. The number of nitrogens with one attached hydrogen (secondary N) is 1. The molecule has 21 heavy (non-hydrogen) atoms. The molecular weight excluding hydrogens is 274 g/mol. The van der Waals surface area contributed by atoms with Gasteiger partial charge in [0, 0.05) is 24.4 Å². The first-order valence-electron chi connectivity index (χ1n) is 6.24. The van der Waals surface area contributed by atoms with Crippen molar-refractivity contribution in [2.24, 2.45) is 0 Å². The van der Waals surface area contributed by atoms with Crippen LogP contribution in [0.1, 0.15) is 5.56 Å². The minimum atomic E-state index is -0.487. The Morgan fingerprint density at radius 2 is 2.14 bits per heavy atom. The van der Waals surface area contributed by atoms with Crippen molar-refractivity contribution in [2.45, 2.75) is 6.54 Å². The third-order valence-electron chi connectivity index (χ3n) is 2.78. The van der Waals surface area contributed by atoms with E-state index in [2.05, 4.69) is 10.3 Å². The summed E-state index contributed by atoms with van der Waals surface area (Å²) in [7, 11) is 3.28. The molecule has 0 radical (unpaired) electrons. The second kappa shape index (κ2) is 6.67. The molecule has 1 heterocycles. The van der Waals surface area contributed by atoms with Crippen LogP contribution in [0.25, 0.3) is 0 Å². The fraction of sp³-hybridized carbons (Fsp3) is 0.214. The number of hydrogen-bond donors (Lipinski definition) is 1. The Balaban J connectivity index is 2.38. The van der Waals surface area contributed by atoms with Crippen molar-refractivity contribution in [2.75, 3.05) is 14.2 Å². The Hall–Kier alpha value is -2.67. The molecule has 0 saturated carbocycles. The van der Waals surface area contributed by atoms with Crippen molar-refractivity contribution >= 4 is 5.69 Å². The molecule has 0 aliphatic heterocycles. The maximum atomic E-state index is 10.9. The number of nitro benzene ring substituents is 1. The van der Waals surface area contributed by atoms with E-state index in [1.807, 2.05) is 13.1 Å². The van der Waals surface area contributed by atoms with Gasteiger partial charge < -0.3 is 14.8 Å². The Labute approximate surface area is 121 Å². The van der Waals surface area contributed by atoms with Crippen LogP contribution in [0.15, 0.2) is 36.5 Å². The molecule has 0 atom stereocenters. The number of hydrogen-bond acceptors (Lipinski definition) is 6. The van der Waals surface area contributed by atoms with Crippen LogP contribution in [0.2, 0.25) is 0 Å². The van der Waals surface area contributed by atoms with E-state index in [1.54, 1.807) is 12.3 Å². The lowest BCUT2D eigenvalue weighted by Crippen LogP contribution is -2.07. The van der Waals surface area contributed by atoms with Gasteiger partial charge in [-0.2, -0.15) is 0 Å². The highest BCUT2D eigenvalue weighted by atomic mass is 16.6. The van der Waals surface area contributed by atoms with Crippen molar-refractivity contribution in [3.05, 3.63) is 52.2 Å². The van der Waals surface area contributed by atoms with Crippen molar-refractivity contribution < 1.29 is 14.4 Å². The van der Waals surface area contributed by atoms with Crippen LogP contribution in [-0.4, -0.2) is 24.1 Å². The van der Waals surface area contributed by atoms with E-state index in [0.29, 0.717) is 18.2 Å². The molecule has 1 aromatic carbocycles. The van der Waals surface area contributed by atoms with Crippen LogP contribution in [0.3, 0.4) is 0 Å². The summed E-state index contributed by atoms with van der Waals surface area (Å²) in [6.07, 6.45) is 1.60. The number of aromatic nitrogens is 1. The van der Waals surface area contributed by atoms with Gasteiger partial charge in [-0.05, 0) is 19.2 Å². The van der Waals surface area contributed by atoms with Crippen molar-refractivity contribution in [3.63, 3.8) is 0 Å². The average molecular weight is 289 g/mol. The molecule has 110 valence electrons. The van der Waals surface area contributed by atoms with Gasteiger partial charge >= 0.3 is 0 Å². The van der Waals surface area contributed by atoms with E-state index in [0.717, 1.165) is 5.56 Å². The Morgan fingerprint density at radius 3 is 2.81 bits per heavy atom. The summed E-state index contributed by atoms with van der Waals surface area (Å²) >= 11 is 0. The van der Waals surface area contributed by atoms with Gasteiger partial charge in [0.05, 0.1) is 18.1 Å². The molecule has 1 N–H and O–H groups in total. The molecule has 1 aromatic heterocycles. The lowest BCUT2D eigenvalue weighted by molar-refractivity contribution is -0.384. The van der Waals surface area contributed by atoms with E-state index in [1.165, 1.54) is 25.3 Å². The van der Waals surface area contributed by atoms with Crippen LogP contribution in [0, 0.1) is 10.1 Å². The quantitative estimate of drug-likeness (QED) is 0.649. The number of non-ortho nitro benzene ring substituents is 1. The second-order valence-corrected chi connectivity index (χ2v) is 4.19. The van der Waals surface area contributed by atoms with Crippen LogP contribution >= 0.6 is 0 Å². The summed E-state index contributed by atoms with van der Waals surface area (Å²) in [4.78, 5) is 14.5. The zero-order chi connectivity index (χ0) is 15.2. The van der Waals surface area contributed by atoms with E-state index >= 15 is 0 Å². The third kappa shape index (κ3) is 3.46. The lowest BCUT2D eigenvalue weighted by atomic mass is 10.2. The summed E-state index contributed by atoms with van der Waals surface area (Å²) in [6, 6.07) is 7.83. The van der Waals surface area contributed by atoms with E-state index in [4.69, 9.17) is 9.47 Å². The fourth-order valence-corrected chi connectivity index (χ4v) is 1.80. The van der Waals surface area contributed by atoms with Crippen molar-refractivity contribution in [1.82, 2.24) is 10.3 Å². The topological polar surface area (TPSA) is 86.5 Å². The van der Waals surface area contributed by atoms with Crippen LogP contribution in [0.5, 0.6) is 17.4 Å². The molecular formula is C14H15N3O4. The molecule has 0 aliphatic carbocycles. The van der Waals surface area contributed by atoms with Crippen LogP contribution in [0.4, 0.5) is 5.69 Å².